The van der Waals surface area contributed by atoms with E-state index >= 15 is 0 Å². The highest BCUT2D eigenvalue weighted by molar-refractivity contribution is 6.57. The molecule has 1 aromatic carbocycles. The Morgan fingerprint density at radius 2 is 1.42 bits per heavy atom. The van der Waals surface area contributed by atoms with Gasteiger partial charge in [-0.1, -0.05) is 11.9 Å². The second-order valence-corrected chi connectivity index (χ2v) is 3.82. The summed E-state index contributed by atoms with van der Waals surface area (Å²) < 4.78 is 46.0. The molecule has 0 atom stereocenters. The largest absolute Gasteiger partial charge is 0.482 e. The van der Waals surface area contributed by atoms with Crippen LogP contribution in [-0.4, -0.2) is 33.1 Å². The second kappa shape index (κ2) is 5.77. The Labute approximate surface area is 107 Å². The number of carbonyl (C=O) groups excluding carboxylic acids is 2. The van der Waals surface area contributed by atoms with Crippen molar-refractivity contribution in [2.75, 3.05) is 14.2 Å². The van der Waals surface area contributed by atoms with Crippen LogP contribution in [-0.2, 0) is 15.8 Å². The lowest BCUT2D eigenvalue weighted by Crippen LogP contribution is -2.20. The fourth-order valence-electron chi connectivity index (χ4n) is 1.55. The van der Waals surface area contributed by atoms with Crippen LogP contribution in [0.4, 0.5) is 12.9 Å². The van der Waals surface area contributed by atoms with E-state index in [4.69, 9.17) is 0 Å². The smallest absolute Gasteiger partial charge is 0.465 e. The Morgan fingerprint density at radius 3 is 1.74 bits per heavy atom. The Bertz CT molecular complexity index is 465. The van der Waals surface area contributed by atoms with Crippen molar-refractivity contribution in [3.63, 3.8) is 0 Å². The molecule has 1 aromatic rings. The van der Waals surface area contributed by atoms with Crippen LogP contribution < -0.4 is 0 Å². The molecule has 0 radical (unpaired) electrons. The van der Waals surface area contributed by atoms with Gasteiger partial charge in [-0.3, -0.25) is 0 Å². The summed E-state index contributed by atoms with van der Waals surface area (Å²) in [5.41, 5.74) is -0.434. The van der Waals surface area contributed by atoms with Gasteiger partial charge in [-0.15, -0.1) is 0 Å². The number of methoxy groups -OCH3 is 2. The molecule has 0 bridgehead atoms. The van der Waals surface area contributed by atoms with Gasteiger partial charge in [0.05, 0.1) is 25.3 Å². The van der Waals surface area contributed by atoms with Crippen LogP contribution in [0, 0.1) is 0 Å². The number of halogens is 3. The first-order valence-electron chi connectivity index (χ1n) is 5.28. The van der Waals surface area contributed by atoms with Gasteiger partial charge in [0.2, 0.25) is 0 Å². The SMILES string of the molecule is COC(=O)c1cc(C[B-](F)(F)F)cc(C(=O)OC)c1. The highest BCUT2D eigenvalue weighted by Crippen LogP contribution is 2.20. The first-order valence-corrected chi connectivity index (χ1v) is 5.28. The molecule has 8 heteroatoms. The molecule has 104 valence electrons. The molecular formula is C11H11BF3O4-. The summed E-state index contributed by atoms with van der Waals surface area (Å²) in [6, 6.07) is 3.23. The van der Waals surface area contributed by atoms with Crippen molar-refractivity contribution in [2.24, 2.45) is 0 Å². The van der Waals surface area contributed by atoms with Crippen LogP contribution in [0.25, 0.3) is 0 Å². The van der Waals surface area contributed by atoms with Gasteiger partial charge < -0.3 is 22.4 Å². The predicted molar refractivity (Wildman–Crippen MR) is 61.9 cm³/mol. The number of benzene rings is 1. The average Bonchev–Trinajstić information content (AvgIpc) is 2.34. The maximum Gasteiger partial charge on any atom is 0.482 e. The number of hydrogen-bond donors (Lipinski definition) is 0. The van der Waals surface area contributed by atoms with Gasteiger partial charge in [0.1, 0.15) is 0 Å². The summed E-state index contributed by atoms with van der Waals surface area (Å²) in [6.45, 7) is -5.07. The standard InChI is InChI=1S/C11H11BF3O4/c1-18-10(16)8-3-7(6-12(13,14)15)4-9(5-8)11(17)19-2/h3-5H,6H2,1-2H3/q-1. The van der Waals surface area contributed by atoms with Crippen molar-refractivity contribution in [1.82, 2.24) is 0 Å². The topological polar surface area (TPSA) is 52.6 Å². The molecule has 0 amide bonds. The van der Waals surface area contributed by atoms with Crippen LogP contribution in [0.2, 0.25) is 0 Å². The summed E-state index contributed by atoms with van der Waals surface area (Å²) in [7, 11) is 2.20. The predicted octanol–water partition coefficient (Wildman–Crippen LogP) is 2.19. The van der Waals surface area contributed by atoms with Crippen molar-refractivity contribution >= 4 is 18.9 Å². The van der Waals surface area contributed by atoms with Crippen LogP contribution in [0.15, 0.2) is 18.2 Å². The minimum absolute atomic E-state index is 0.125. The lowest BCUT2D eigenvalue weighted by atomic mass is 9.81. The quantitative estimate of drug-likeness (QED) is 0.624. The van der Waals surface area contributed by atoms with Crippen LogP contribution >= 0.6 is 0 Å². The third-order valence-corrected chi connectivity index (χ3v) is 2.30. The van der Waals surface area contributed by atoms with Crippen molar-refractivity contribution in [3.05, 3.63) is 34.9 Å². The summed E-state index contributed by atoms with van der Waals surface area (Å²) >= 11 is 0. The molecule has 0 heterocycles. The Balaban J connectivity index is 3.24. The normalized spacial score (nSPS) is 11.0. The van der Waals surface area contributed by atoms with E-state index in [1.54, 1.807) is 0 Å². The van der Waals surface area contributed by atoms with E-state index in [9.17, 15) is 22.5 Å². The number of ether oxygens (including phenoxy) is 2. The Hall–Kier alpha value is -1.99. The first-order chi connectivity index (χ1) is 8.76. The maximum absolute atomic E-state index is 12.4. The van der Waals surface area contributed by atoms with E-state index in [0.717, 1.165) is 32.4 Å². The summed E-state index contributed by atoms with van der Waals surface area (Å²) in [6.07, 6.45) is -1.19. The zero-order valence-electron chi connectivity index (χ0n) is 10.3. The number of carbonyl (C=O) groups is 2. The number of hydrogen-bond acceptors (Lipinski definition) is 4. The highest BCUT2D eigenvalue weighted by Gasteiger charge is 2.24. The zero-order chi connectivity index (χ0) is 14.6. The van der Waals surface area contributed by atoms with Gasteiger partial charge in [0, 0.05) is 0 Å². The molecular weight excluding hydrogens is 264 g/mol. The Morgan fingerprint density at radius 1 is 1.00 bits per heavy atom. The molecule has 0 aromatic heterocycles. The molecule has 4 nitrogen and oxygen atoms in total. The van der Waals surface area contributed by atoms with Crippen LogP contribution in [0.5, 0.6) is 0 Å². The molecule has 1 rings (SSSR count). The molecule has 0 saturated heterocycles. The van der Waals surface area contributed by atoms with Crippen molar-refractivity contribution in [1.29, 1.82) is 0 Å². The lowest BCUT2D eigenvalue weighted by Gasteiger charge is -2.15. The summed E-state index contributed by atoms with van der Waals surface area (Å²) in [5, 5.41) is 0. The fourth-order valence-corrected chi connectivity index (χ4v) is 1.55. The van der Waals surface area contributed by atoms with Gasteiger partial charge >= 0.3 is 18.9 Å². The van der Waals surface area contributed by atoms with Crippen molar-refractivity contribution in [2.45, 2.75) is 6.32 Å². The van der Waals surface area contributed by atoms with Gasteiger partial charge in [-0.25, -0.2) is 9.59 Å². The first kappa shape index (κ1) is 15.1. The van der Waals surface area contributed by atoms with E-state index in [2.05, 4.69) is 9.47 Å². The van der Waals surface area contributed by atoms with Crippen LogP contribution in [0.1, 0.15) is 26.3 Å². The molecule has 0 N–H and O–H groups in total. The molecule has 0 saturated carbocycles. The molecule has 0 aliphatic rings. The van der Waals surface area contributed by atoms with Gasteiger partial charge in [0.15, 0.2) is 0 Å². The average molecular weight is 275 g/mol. The number of rotatable bonds is 4. The monoisotopic (exact) mass is 275 g/mol. The van der Waals surface area contributed by atoms with E-state index in [0.29, 0.717) is 0 Å². The molecule has 0 fully saturated rings. The van der Waals surface area contributed by atoms with Crippen molar-refractivity contribution < 1.29 is 32.0 Å². The summed E-state index contributed by atoms with van der Waals surface area (Å²) in [5.74, 6) is -1.64. The van der Waals surface area contributed by atoms with Crippen LogP contribution in [0.3, 0.4) is 0 Å². The molecule has 19 heavy (non-hydrogen) atoms. The minimum Gasteiger partial charge on any atom is -0.465 e. The molecule has 0 aliphatic carbocycles. The maximum atomic E-state index is 12.4. The van der Waals surface area contributed by atoms with Gasteiger partial charge in [0.25, 0.3) is 0 Å². The van der Waals surface area contributed by atoms with Crippen molar-refractivity contribution in [3.8, 4) is 0 Å². The zero-order valence-corrected chi connectivity index (χ0v) is 10.3. The van der Waals surface area contributed by atoms with E-state index < -0.39 is 25.2 Å². The van der Waals surface area contributed by atoms with E-state index in [-0.39, 0.29) is 16.7 Å². The van der Waals surface area contributed by atoms with Gasteiger partial charge in [-0.2, -0.15) is 0 Å². The third-order valence-electron chi connectivity index (χ3n) is 2.30. The molecule has 0 spiro atoms. The summed E-state index contributed by atoms with van der Waals surface area (Å²) in [4.78, 5) is 22.7. The fraction of sp³-hybridized carbons (Fsp3) is 0.273. The molecule has 0 aliphatic heterocycles. The highest BCUT2D eigenvalue weighted by atomic mass is 19.4. The lowest BCUT2D eigenvalue weighted by molar-refractivity contribution is 0.0599. The van der Waals surface area contributed by atoms with Gasteiger partial charge in [-0.05, 0) is 18.2 Å². The molecule has 0 unspecified atom stereocenters. The van der Waals surface area contributed by atoms with E-state index in [1.165, 1.54) is 0 Å². The second-order valence-electron chi connectivity index (χ2n) is 3.82. The third kappa shape index (κ3) is 4.31. The minimum atomic E-state index is -5.07. The Kier molecular flexibility index (Phi) is 4.58. The number of esters is 2. The van der Waals surface area contributed by atoms with E-state index in [1.807, 2.05) is 0 Å².